The molecular formula is C10H7Cl2NO2. The highest BCUT2D eigenvalue weighted by molar-refractivity contribution is 6.35. The molecule has 2 rings (SSSR count). The highest BCUT2D eigenvalue weighted by Crippen LogP contribution is 2.27. The maximum atomic E-state index is 11.4. The average Bonchev–Trinajstić information content (AvgIpc) is 2.43. The SMILES string of the molecule is O=C1CC(=O)N(c2cc(Cl)cc(Cl)c2)C1. The minimum absolute atomic E-state index is 0.0376. The minimum atomic E-state index is -0.210. The van der Waals surface area contributed by atoms with E-state index in [1.165, 1.54) is 4.90 Å². The van der Waals surface area contributed by atoms with E-state index in [0.717, 1.165) is 0 Å². The van der Waals surface area contributed by atoms with E-state index in [2.05, 4.69) is 0 Å². The molecule has 0 bridgehead atoms. The van der Waals surface area contributed by atoms with Crippen molar-refractivity contribution in [1.29, 1.82) is 0 Å². The van der Waals surface area contributed by atoms with E-state index >= 15 is 0 Å². The third-order valence-corrected chi connectivity index (χ3v) is 2.58. The Morgan fingerprint density at radius 2 is 1.67 bits per heavy atom. The molecule has 0 aromatic heterocycles. The number of anilines is 1. The molecule has 15 heavy (non-hydrogen) atoms. The molecule has 0 aliphatic carbocycles. The molecule has 1 aromatic carbocycles. The molecule has 1 fully saturated rings. The lowest BCUT2D eigenvalue weighted by molar-refractivity contribution is -0.121. The van der Waals surface area contributed by atoms with Crippen molar-refractivity contribution in [3.05, 3.63) is 28.2 Å². The Morgan fingerprint density at radius 3 is 2.13 bits per heavy atom. The molecule has 1 aliphatic heterocycles. The van der Waals surface area contributed by atoms with E-state index in [0.29, 0.717) is 15.7 Å². The van der Waals surface area contributed by atoms with Gasteiger partial charge in [0, 0.05) is 15.7 Å². The van der Waals surface area contributed by atoms with Crippen molar-refractivity contribution in [1.82, 2.24) is 0 Å². The second-order valence-electron chi connectivity index (χ2n) is 3.32. The van der Waals surface area contributed by atoms with Crippen molar-refractivity contribution in [2.24, 2.45) is 0 Å². The Bertz CT molecular complexity index is 425. The van der Waals surface area contributed by atoms with Gasteiger partial charge in [0.25, 0.3) is 0 Å². The van der Waals surface area contributed by atoms with E-state index < -0.39 is 0 Å². The number of carbonyl (C=O) groups is 2. The number of benzene rings is 1. The highest BCUT2D eigenvalue weighted by Gasteiger charge is 2.28. The van der Waals surface area contributed by atoms with Crippen LogP contribution in [0.1, 0.15) is 6.42 Å². The van der Waals surface area contributed by atoms with E-state index in [1.807, 2.05) is 0 Å². The molecular weight excluding hydrogens is 237 g/mol. The number of hydrogen-bond donors (Lipinski definition) is 0. The topological polar surface area (TPSA) is 37.4 Å². The van der Waals surface area contributed by atoms with Crippen LogP contribution in [-0.2, 0) is 9.59 Å². The molecule has 0 unspecified atom stereocenters. The van der Waals surface area contributed by atoms with Crippen LogP contribution < -0.4 is 4.90 Å². The molecule has 1 amide bonds. The fourth-order valence-corrected chi connectivity index (χ4v) is 2.03. The zero-order chi connectivity index (χ0) is 11.0. The second-order valence-corrected chi connectivity index (χ2v) is 4.20. The quantitative estimate of drug-likeness (QED) is 0.711. The molecule has 0 atom stereocenters. The normalized spacial score (nSPS) is 16.3. The monoisotopic (exact) mass is 243 g/mol. The van der Waals surface area contributed by atoms with Gasteiger partial charge in [-0.25, -0.2) is 0 Å². The van der Waals surface area contributed by atoms with Crippen molar-refractivity contribution in [2.45, 2.75) is 6.42 Å². The Hall–Kier alpha value is -1.06. The van der Waals surface area contributed by atoms with Gasteiger partial charge in [-0.1, -0.05) is 23.2 Å². The lowest BCUT2D eigenvalue weighted by Crippen LogP contribution is -2.24. The lowest BCUT2D eigenvalue weighted by Gasteiger charge is -2.15. The van der Waals surface area contributed by atoms with Crippen molar-refractivity contribution in [2.75, 3.05) is 11.4 Å². The number of ketones is 1. The van der Waals surface area contributed by atoms with E-state index in [4.69, 9.17) is 23.2 Å². The van der Waals surface area contributed by atoms with Gasteiger partial charge in [-0.2, -0.15) is 0 Å². The molecule has 78 valence electrons. The molecule has 3 nitrogen and oxygen atoms in total. The summed E-state index contributed by atoms with van der Waals surface area (Å²) in [6, 6.07) is 4.81. The van der Waals surface area contributed by atoms with Crippen LogP contribution in [0.4, 0.5) is 5.69 Å². The number of Topliss-reactive ketones (excluding diaryl/α,β-unsaturated/α-hetero) is 1. The number of halogens is 2. The summed E-state index contributed by atoms with van der Waals surface area (Å²) in [7, 11) is 0. The van der Waals surface area contributed by atoms with Crippen LogP contribution in [0.2, 0.25) is 10.0 Å². The summed E-state index contributed by atoms with van der Waals surface area (Å²) in [5.41, 5.74) is 0.573. The summed E-state index contributed by atoms with van der Waals surface area (Å²) in [5, 5.41) is 0.897. The fourth-order valence-electron chi connectivity index (χ4n) is 1.51. The summed E-state index contributed by atoms with van der Waals surface area (Å²) in [5.74, 6) is -0.297. The van der Waals surface area contributed by atoms with Crippen molar-refractivity contribution in [3.8, 4) is 0 Å². The Labute approximate surface area is 96.6 Å². The fraction of sp³-hybridized carbons (Fsp3) is 0.200. The molecule has 0 spiro atoms. The average molecular weight is 244 g/mol. The molecule has 1 heterocycles. The van der Waals surface area contributed by atoms with E-state index in [9.17, 15) is 9.59 Å². The second kappa shape index (κ2) is 3.83. The van der Waals surface area contributed by atoms with Crippen LogP contribution in [0.15, 0.2) is 18.2 Å². The maximum absolute atomic E-state index is 11.4. The number of carbonyl (C=O) groups excluding carboxylic acids is 2. The van der Waals surface area contributed by atoms with Gasteiger partial charge in [0.1, 0.15) is 0 Å². The van der Waals surface area contributed by atoms with Crippen LogP contribution in [0.3, 0.4) is 0 Å². The van der Waals surface area contributed by atoms with Crippen LogP contribution in [0.5, 0.6) is 0 Å². The standard InChI is InChI=1S/C10H7Cl2NO2/c11-6-1-7(12)3-8(2-6)13-5-9(14)4-10(13)15/h1-3H,4-5H2. The molecule has 5 heteroatoms. The van der Waals surface area contributed by atoms with Crippen LogP contribution in [-0.4, -0.2) is 18.2 Å². The maximum Gasteiger partial charge on any atom is 0.234 e. The first-order valence-corrected chi connectivity index (χ1v) is 5.10. The third-order valence-electron chi connectivity index (χ3n) is 2.14. The van der Waals surface area contributed by atoms with E-state index in [-0.39, 0.29) is 24.7 Å². The summed E-state index contributed by atoms with van der Waals surface area (Å²) in [6.07, 6.45) is -0.0376. The van der Waals surface area contributed by atoms with Crippen LogP contribution in [0.25, 0.3) is 0 Å². The summed E-state index contributed by atoms with van der Waals surface area (Å²) >= 11 is 11.6. The van der Waals surface area contributed by atoms with Gasteiger partial charge in [-0.3, -0.25) is 9.59 Å². The van der Waals surface area contributed by atoms with Crippen molar-refractivity contribution in [3.63, 3.8) is 0 Å². The first kappa shape index (κ1) is 10.5. The van der Waals surface area contributed by atoms with Gasteiger partial charge in [-0.05, 0) is 18.2 Å². The molecule has 1 saturated heterocycles. The van der Waals surface area contributed by atoms with Crippen LogP contribution in [0, 0.1) is 0 Å². The number of amides is 1. The molecule has 0 N–H and O–H groups in total. The predicted molar refractivity (Wildman–Crippen MR) is 58.4 cm³/mol. The Balaban J connectivity index is 2.37. The number of hydrogen-bond acceptors (Lipinski definition) is 2. The van der Waals surface area contributed by atoms with E-state index in [1.54, 1.807) is 18.2 Å². The minimum Gasteiger partial charge on any atom is -0.304 e. The smallest absolute Gasteiger partial charge is 0.234 e. The van der Waals surface area contributed by atoms with Gasteiger partial charge >= 0.3 is 0 Å². The highest BCUT2D eigenvalue weighted by atomic mass is 35.5. The first-order chi connectivity index (χ1) is 7.06. The van der Waals surface area contributed by atoms with Gasteiger partial charge in [-0.15, -0.1) is 0 Å². The van der Waals surface area contributed by atoms with Crippen LogP contribution >= 0.6 is 23.2 Å². The predicted octanol–water partition coefficient (Wildman–Crippen LogP) is 2.30. The van der Waals surface area contributed by atoms with Gasteiger partial charge < -0.3 is 4.90 Å². The summed E-state index contributed by atoms with van der Waals surface area (Å²) in [6.45, 7) is 0.107. The Morgan fingerprint density at radius 1 is 1.07 bits per heavy atom. The zero-order valence-electron chi connectivity index (χ0n) is 7.67. The van der Waals surface area contributed by atoms with Crippen molar-refractivity contribution >= 4 is 40.6 Å². The molecule has 1 aromatic rings. The number of nitrogens with zero attached hydrogens (tertiary/aromatic N) is 1. The number of rotatable bonds is 1. The van der Waals surface area contributed by atoms with Crippen molar-refractivity contribution < 1.29 is 9.59 Å². The summed E-state index contributed by atoms with van der Waals surface area (Å²) < 4.78 is 0. The third kappa shape index (κ3) is 2.13. The van der Waals surface area contributed by atoms with Gasteiger partial charge in [0.05, 0.1) is 13.0 Å². The molecule has 1 aliphatic rings. The lowest BCUT2D eigenvalue weighted by atomic mass is 10.3. The van der Waals surface area contributed by atoms with Gasteiger partial charge in [0.15, 0.2) is 5.78 Å². The summed E-state index contributed by atoms with van der Waals surface area (Å²) in [4.78, 5) is 23.9. The Kier molecular flexibility index (Phi) is 2.67. The van der Waals surface area contributed by atoms with Gasteiger partial charge in [0.2, 0.25) is 5.91 Å². The molecule has 0 saturated carbocycles. The zero-order valence-corrected chi connectivity index (χ0v) is 9.18. The first-order valence-electron chi connectivity index (χ1n) is 4.34. The molecule has 0 radical (unpaired) electrons. The largest absolute Gasteiger partial charge is 0.304 e.